The van der Waals surface area contributed by atoms with Crippen LogP contribution < -0.4 is 5.73 Å². The van der Waals surface area contributed by atoms with Crippen LogP contribution in [-0.4, -0.2) is 44.9 Å². The first kappa shape index (κ1) is 21.2. The minimum Gasteiger partial charge on any atom is -0.465 e. The molecule has 1 unspecified atom stereocenters. The van der Waals surface area contributed by atoms with Crippen LogP contribution in [0.2, 0.25) is 5.02 Å². The highest BCUT2D eigenvalue weighted by molar-refractivity contribution is 7.89. The van der Waals surface area contributed by atoms with Crippen molar-refractivity contribution in [2.24, 2.45) is 11.1 Å². The Morgan fingerprint density at radius 1 is 1.38 bits per heavy atom. The van der Waals surface area contributed by atoms with Crippen LogP contribution in [0.25, 0.3) is 0 Å². The maximum absolute atomic E-state index is 12.9. The second-order valence-electron chi connectivity index (χ2n) is 6.39. The van der Waals surface area contributed by atoms with Crippen LogP contribution in [-0.2, 0) is 14.8 Å². The Morgan fingerprint density at radius 2 is 2.00 bits per heavy atom. The Bertz CT molecular complexity index is 722. The Balaban J connectivity index is 0.00000288. The number of nitrogens with two attached hydrogens (primary N) is 1. The highest BCUT2D eigenvalue weighted by atomic mass is 35.5. The second-order valence-corrected chi connectivity index (χ2v) is 8.76. The number of carbonyl (C=O) groups excluding carboxylic acids is 1. The number of methoxy groups -OCH3 is 1. The van der Waals surface area contributed by atoms with E-state index in [1.54, 1.807) is 0 Å². The molecule has 1 saturated heterocycles. The lowest BCUT2D eigenvalue weighted by Gasteiger charge is -2.41. The standard InChI is InChI=1S/C15H21ClN2O4S.ClH/c1-15(2)9-18(5-4-13(15)17)23(20,21)12-7-10(14(19)22-3)6-11(16)8-12;/h6-8,13H,4-5,9,17H2,1-3H3;1H. The normalized spacial score (nSPS) is 21.0. The van der Waals surface area contributed by atoms with Crippen molar-refractivity contribution in [2.45, 2.75) is 31.2 Å². The molecule has 1 fully saturated rings. The molecular weight excluding hydrogens is 375 g/mol. The number of piperidine rings is 1. The van der Waals surface area contributed by atoms with Crippen molar-refractivity contribution in [2.75, 3.05) is 20.2 Å². The Morgan fingerprint density at radius 3 is 2.54 bits per heavy atom. The summed E-state index contributed by atoms with van der Waals surface area (Å²) in [5.74, 6) is -0.634. The van der Waals surface area contributed by atoms with Gasteiger partial charge in [0, 0.05) is 24.2 Å². The molecule has 0 spiro atoms. The maximum atomic E-state index is 12.9. The summed E-state index contributed by atoms with van der Waals surface area (Å²) in [6, 6.07) is 3.95. The number of sulfonamides is 1. The van der Waals surface area contributed by atoms with E-state index in [2.05, 4.69) is 4.74 Å². The lowest BCUT2D eigenvalue weighted by Crippen LogP contribution is -2.53. The van der Waals surface area contributed by atoms with Gasteiger partial charge in [0.05, 0.1) is 17.6 Å². The number of halogens is 2. The molecule has 1 aromatic rings. The van der Waals surface area contributed by atoms with Gasteiger partial charge in [0.15, 0.2) is 0 Å². The third-order valence-electron chi connectivity index (χ3n) is 4.21. The Hall–Kier alpha value is -0.860. The fourth-order valence-electron chi connectivity index (χ4n) is 2.63. The van der Waals surface area contributed by atoms with Crippen molar-refractivity contribution in [1.29, 1.82) is 0 Å². The van der Waals surface area contributed by atoms with Crippen molar-refractivity contribution < 1.29 is 17.9 Å². The minimum absolute atomic E-state index is 0. The number of ether oxygens (including phenoxy) is 1. The van der Waals surface area contributed by atoms with Crippen LogP contribution in [0.1, 0.15) is 30.6 Å². The molecule has 1 aliphatic rings. The summed E-state index contributed by atoms with van der Waals surface area (Å²) < 4.78 is 31.8. The van der Waals surface area contributed by atoms with Crippen molar-refractivity contribution in [3.05, 3.63) is 28.8 Å². The van der Waals surface area contributed by atoms with E-state index in [1.165, 1.54) is 29.6 Å². The van der Waals surface area contributed by atoms with Crippen LogP contribution in [0.15, 0.2) is 23.1 Å². The van der Waals surface area contributed by atoms with Crippen molar-refractivity contribution in [3.63, 3.8) is 0 Å². The van der Waals surface area contributed by atoms with Crippen LogP contribution in [0.5, 0.6) is 0 Å². The molecule has 24 heavy (non-hydrogen) atoms. The molecule has 1 atom stereocenters. The van der Waals surface area contributed by atoms with Gasteiger partial charge in [-0.15, -0.1) is 12.4 Å². The predicted octanol–water partition coefficient (Wildman–Crippen LogP) is 2.30. The summed E-state index contributed by atoms with van der Waals surface area (Å²) in [5.41, 5.74) is 5.84. The molecule has 0 bridgehead atoms. The van der Waals surface area contributed by atoms with Crippen LogP contribution in [0, 0.1) is 5.41 Å². The third-order valence-corrected chi connectivity index (χ3v) is 6.25. The number of carbonyl (C=O) groups is 1. The van der Waals surface area contributed by atoms with Crippen LogP contribution >= 0.6 is 24.0 Å². The molecule has 0 radical (unpaired) electrons. The van der Waals surface area contributed by atoms with Crippen molar-refractivity contribution in [3.8, 4) is 0 Å². The lowest BCUT2D eigenvalue weighted by molar-refractivity contribution is 0.0600. The molecule has 1 aromatic carbocycles. The molecule has 9 heteroatoms. The predicted molar refractivity (Wildman–Crippen MR) is 95.2 cm³/mol. The first-order chi connectivity index (χ1) is 10.6. The van der Waals surface area contributed by atoms with Gasteiger partial charge in [-0.3, -0.25) is 0 Å². The van der Waals surface area contributed by atoms with Gasteiger partial charge in [-0.05, 0) is 30.0 Å². The molecular formula is C15H22Cl2N2O4S. The van der Waals surface area contributed by atoms with E-state index >= 15 is 0 Å². The number of hydrogen-bond donors (Lipinski definition) is 1. The fraction of sp³-hybridized carbons (Fsp3) is 0.533. The number of nitrogens with zero attached hydrogens (tertiary/aromatic N) is 1. The molecule has 0 aliphatic carbocycles. The maximum Gasteiger partial charge on any atom is 0.337 e. The van der Waals surface area contributed by atoms with E-state index < -0.39 is 16.0 Å². The molecule has 1 aliphatic heterocycles. The summed E-state index contributed by atoms with van der Waals surface area (Å²) in [7, 11) is -2.53. The van der Waals surface area contributed by atoms with Gasteiger partial charge < -0.3 is 10.5 Å². The van der Waals surface area contributed by atoms with Crippen molar-refractivity contribution in [1.82, 2.24) is 4.31 Å². The first-order valence-corrected chi connectivity index (χ1v) is 9.04. The summed E-state index contributed by atoms with van der Waals surface area (Å²) >= 11 is 5.96. The Labute approximate surface area is 153 Å². The molecule has 1 heterocycles. The second kappa shape index (κ2) is 7.58. The molecule has 0 aromatic heterocycles. The van der Waals surface area contributed by atoms with E-state index in [-0.39, 0.29) is 39.3 Å². The number of rotatable bonds is 3. The van der Waals surface area contributed by atoms with E-state index in [0.717, 1.165) is 0 Å². The molecule has 0 amide bonds. The first-order valence-electron chi connectivity index (χ1n) is 7.22. The van der Waals surface area contributed by atoms with E-state index in [9.17, 15) is 13.2 Å². The molecule has 0 saturated carbocycles. The quantitative estimate of drug-likeness (QED) is 0.791. The van der Waals surface area contributed by atoms with E-state index in [0.29, 0.717) is 19.5 Å². The number of benzene rings is 1. The van der Waals surface area contributed by atoms with E-state index in [1.807, 2.05) is 13.8 Å². The van der Waals surface area contributed by atoms with Crippen molar-refractivity contribution >= 4 is 40.0 Å². The molecule has 2 N–H and O–H groups in total. The van der Waals surface area contributed by atoms with Gasteiger partial charge in [0.2, 0.25) is 10.0 Å². The average molecular weight is 397 g/mol. The number of hydrogen-bond acceptors (Lipinski definition) is 5. The summed E-state index contributed by atoms with van der Waals surface area (Å²) in [5, 5.41) is 0.166. The summed E-state index contributed by atoms with van der Waals surface area (Å²) in [6.45, 7) is 4.54. The number of esters is 1. The van der Waals surface area contributed by atoms with Crippen LogP contribution in [0.3, 0.4) is 0 Å². The van der Waals surface area contributed by atoms with E-state index in [4.69, 9.17) is 17.3 Å². The monoisotopic (exact) mass is 396 g/mol. The average Bonchev–Trinajstić information content (AvgIpc) is 2.48. The third kappa shape index (κ3) is 4.21. The highest BCUT2D eigenvalue weighted by Gasteiger charge is 2.39. The molecule has 136 valence electrons. The van der Waals surface area contributed by atoms with Gasteiger partial charge in [0.1, 0.15) is 0 Å². The van der Waals surface area contributed by atoms with Gasteiger partial charge in [-0.1, -0.05) is 25.4 Å². The van der Waals surface area contributed by atoms with Crippen LogP contribution in [0.4, 0.5) is 0 Å². The largest absolute Gasteiger partial charge is 0.465 e. The zero-order chi connectivity index (χ0) is 17.4. The minimum atomic E-state index is -3.76. The lowest BCUT2D eigenvalue weighted by atomic mass is 9.81. The Kier molecular flexibility index (Phi) is 6.69. The molecule has 2 rings (SSSR count). The zero-order valence-electron chi connectivity index (χ0n) is 13.8. The zero-order valence-corrected chi connectivity index (χ0v) is 16.2. The van der Waals surface area contributed by atoms with Gasteiger partial charge in [0.25, 0.3) is 0 Å². The van der Waals surface area contributed by atoms with Gasteiger partial charge >= 0.3 is 5.97 Å². The van der Waals surface area contributed by atoms with Gasteiger partial charge in [-0.25, -0.2) is 13.2 Å². The molecule has 6 nitrogen and oxygen atoms in total. The smallest absolute Gasteiger partial charge is 0.337 e. The SMILES string of the molecule is COC(=O)c1cc(Cl)cc(S(=O)(=O)N2CCC(N)C(C)(C)C2)c1.Cl. The van der Waals surface area contributed by atoms with Gasteiger partial charge in [-0.2, -0.15) is 4.31 Å². The summed E-state index contributed by atoms with van der Waals surface area (Å²) in [6.07, 6.45) is 0.580. The highest BCUT2D eigenvalue weighted by Crippen LogP contribution is 2.32. The summed E-state index contributed by atoms with van der Waals surface area (Å²) in [4.78, 5) is 11.6. The fourth-order valence-corrected chi connectivity index (χ4v) is 4.62. The topological polar surface area (TPSA) is 89.7 Å².